The lowest BCUT2D eigenvalue weighted by Gasteiger charge is -2.53. The van der Waals surface area contributed by atoms with Crippen molar-refractivity contribution in [3.05, 3.63) is 95.7 Å². The van der Waals surface area contributed by atoms with Gasteiger partial charge in [-0.05, 0) is 61.6 Å². The topological polar surface area (TPSA) is 166 Å². The molecule has 0 radical (unpaired) electrons. The highest BCUT2D eigenvalue weighted by atomic mass is 16.5. The van der Waals surface area contributed by atoms with Crippen molar-refractivity contribution >= 4 is 22.6 Å². The fraction of sp³-hybridized carbons (Fsp3) is 0.421. The second-order valence-corrected chi connectivity index (χ2v) is 13.8. The number of methoxy groups -OCH3 is 2. The molecular weight excluding hydrogens is 670 g/mol. The van der Waals surface area contributed by atoms with Crippen molar-refractivity contribution < 1.29 is 28.9 Å². The number of hydrogen-bond donors (Lipinski definition) is 1. The van der Waals surface area contributed by atoms with Crippen LogP contribution in [-0.4, -0.2) is 61.0 Å². The summed E-state index contributed by atoms with van der Waals surface area (Å²) in [6, 6.07) is 7.51. The van der Waals surface area contributed by atoms with Crippen LogP contribution >= 0.6 is 0 Å². The summed E-state index contributed by atoms with van der Waals surface area (Å²) in [5.74, 6) is -0.738. The minimum Gasteiger partial charge on any atom is -0.504 e. The monoisotopic (exact) mass is 711 g/mol. The van der Waals surface area contributed by atoms with E-state index in [0.29, 0.717) is 45.8 Å². The van der Waals surface area contributed by atoms with E-state index in [1.807, 2.05) is 6.08 Å². The maximum atomic E-state index is 14.3. The van der Waals surface area contributed by atoms with E-state index >= 15 is 0 Å². The zero-order valence-electron chi connectivity index (χ0n) is 30.2. The van der Waals surface area contributed by atoms with Crippen molar-refractivity contribution in [1.29, 1.82) is 0 Å². The summed E-state index contributed by atoms with van der Waals surface area (Å²) in [4.78, 5) is 74.5. The van der Waals surface area contributed by atoms with Gasteiger partial charge >= 0.3 is 11.4 Å². The molecule has 2 aliphatic carbocycles. The number of carbonyl (C=O) groups is 2. The maximum Gasteiger partial charge on any atom is 0.347 e. The maximum absolute atomic E-state index is 14.3. The summed E-state index contributed by atoms with van der Waals surface area (Å²) in [6.07, 6.45) is 2.00. The number of Topliss-reactive ketones (excluding diaryl/α,β-unsaturated/α-hetero) is 2. The van der Waals surface area contributed by atoms with Crippen LogP contribution in [-0.2, 0) is 36.1 Å². The molecule has 3 heterocycles. The Balaban J connectivity index is 1.31. The van der Waals surface area contributed by atoms with Crippen LogP contribution in [0.4, 0.5) is 0 Å². The summed E-state index contributed by atoms with van der Waals surface area (Å²) in [6.45, 7) is 7.15. The molecule has 1 aliphatic heterocycles. The van der Waals surface area contributed by atoms with Gasteiger partial charge in [0.15, 0.2) is 34.6 Å². The number of nitrogens with zero attached hydrogens (tertiary/aromatic N) is 5. The van der Waals surface area contributed by atoms with Crippen LogP contribution in [0.15, 0.2) is 67.5 Å². The van der Waals surface area contributed by atoms with Crippen LogP contribution in [0.1, 0.15) is 57.3 Å². The van der Waals surface area contributed by atoms with Crippen molar-refractivity contribution in [1.82, 2.24) is 23.5 Å². The zero-order valence-corrected chi connectivity index (χ0v) is 30.2. The number of allylic oxidation sites excluding steroid dienone is 4. The molecule has 0 saturated heterocycles. The Kier molecular flexibility index (Phi) is 8.38. The molecule has 4 aromatic rings. The lowest BCUT2D eigenvalue weighted by Crippen LogP contribution is -2.55. The Hall–Kier alpha value is -5.66. The van der Waals surface area contributed by atoms with Crippen LogP contribution in [0.25, 0.3) is 11.0 Å². The number of ketones is 2. The number of benzene rings is 2. The van der Waals surface area contributed by atoms with Gasteiger partial charge in [-0.15, -0.1) is 0 Å². The summed E-state index contributed by atoms with van der Waals surface area (Å²) in [7, 11) is 4.61. The normalized spacial score (nSPS) is 22.5. The third kappa shape index (κ3) is 4.90. The Morgan fingerprint density at radius 2 is 1.67 bits per heavy atom. The standard InChI is InChI=1S/C38H41N5O9/c1-8-52-29-15-21(9-10-28(29)44)32-22-11-14-42-36(48)41(13-12-24-35(47)40(5)27-18-31(51-7)30(50-6)17-25(27)39-24)37(49)43(42)26(22)16-23-33(45)19(2)20(3)34(46)38(23,32)4/h9-11,15,17-18,23,26,32,44H,8,12-14,16H2,1-7H3/t23-,26+,32-,38+/m0/s1. The molecule has 0 unspecified atom stereocenters. The van der Waals surface area contributed by atoms with E-state index in [-0.39, 0.29) is 60.2 Å². The van der Waals surface area contributed by atoms with Gasteiger partial charge in [0.25, 0.3) is 5.56 Å². The first-order valence-electron chi connectivity index (χ1n) is 17.2. The van der Waals surface area contributed by atoms with Crippen LogP contribution in [0.2, 0.25) is 0 Å². The van der Waals surface area contributed by atoms with E-state index in [4.69, 9.17) is 14.2 Å². The summed E-state index contributed by atoms with van der Waals surface area (Å²) >= 11 is 0. The van der Waals surface area contributed by atoms with E-state index < -0.39 is 34.7 Å². The number of hydrogen-bond acceptors (Lipinski definition) is 10. The number of aryl methyl sites for hydroxylation is 2. The first-order chi connectivity index (χ1) is 24.8. The number of phenolic OH excluding ortho intramolecular Hbond substituents is 1. The third-order valence-corrected chi connectivity index (χ3v) is 11.4. The van der Waals surface area contributed by atoms with E-state index in [0.717, 1.165) is 10.1 Å². The van der Waals surface area contributed by atoms with Crippen molar-refractivity contribution in [2.24, 2.45) is 18.4 Å². The highest BCUT2D eigenvalue weighted by Gasteiger charge is 2.60. The second-order valence-electron chi connectivity index (χ2n) is 13.8. The number of phenols is 1. The molecule has 2 aromatic heterocycles. The fourth-order valence-corrected chi connectivity index (χ4v) is 8.53. The molecule has 1 saturated carbocycles. The van der Waals surface area contributed by atoms with E-state index in [1.54, 1.807) is 59.0 Å². The molecule has 52 heavy (non-hydrogen) atoms. The number of ether oxygens (including phenoxy) is 3. The van der Waals surface area contributed by atoms with E-state index in [9.17, 15) is 29.1 Å². The van der Waals surface area contributed by atoms with Gasteiger partial charge in [-0.25, -0.2) is 28.5 Å². The van der Waals surface area contributed by atoms with Gasteiger partial charge < -0.3 is 23.9 Å². The molecule has 3 aliphatic rings. The first-order valence-corrected chi connectivity index (χ1v) is 17.2. The van der Waals surface area contributed by atoms with Crippen molar-refractivity contribution in [2.45, 2.75) is 65.6 Å². The summed E-state index contributed by atoms with van der Waals surface area (Å²) in [5, 5.41) is 10.5. The zero-order chi connectivity index (χ0) is 37.4. The summed E-state index contributed by atoms with van der Waals surface area (Å²) in [5.41, 5.74) is 0.602. The van der Waals surface area contributed by atoms with Crippen molar-refractivity contribution in [2.75, 3.05) is 20.8 Å². The molecule has 0 bridgehead atoms. The molecule has 0 amide bonds. The molecule has 1 N–H and O–H groups in total. The van der Waals surface area contributed by atoms with E-state index in [1.165, 1.54) is 34.2 Å². The molecule has 14 nitrogen and oxygen atoms in total. The van der Waals surface area contributed by atoms with Gasteiger partial charge in [-0.2, -0.15) is 0 Å². The minimum atomic E-state index is -1.20. The predicted octanol–water partition coefficient (Wildman–Crippen LogP) is 3.20. The number of rotatable bonds is 8. The highest BCUT2D eigenvalue weighted by Crippen LogP contribution is 2.60. The molecule has 4 atom stereocenters. The third-order valence-electron chi connectivity index (χ3n) is 11.4. The lowest BCUT2D eigenvalue weighted by atomic mass is 9.50. The van der Waals surface area contributed by atoms with Gasteiger partial charge in [0.05, 0.1) is 49.9 Å². The number of aromatic hydroxyl groups is 1. The number of aromatic nitrogens is 5. The van der Waals surface area contributed by atoms with Gasteiger partial charge in [-0.1, -0.05) is 19.1 Å². The number of fused-ring (bicyclic) bond motifs is 5. The van der Waals surface area contributed by atoms with E-state index in [2.05, 4.69) is 4.98 Å². The van der Waals surface area contributed by atoms with Crippen LogP contribution in [0.5, 0.6) is 23.0 Å². The second kappa shape index (κ2) is 12.5. The van der Waals surface area contributed by atoms with Gasteiger partial charge in [0.1, 0.15) is 5.69 Å². The van der Waals surface area contributed by atoms with Crippen molar-refractivity contribution in [3.8, 4) is 23.0 Å². The van der Waals surface area contributed by atoms with Gasteiger partial charge in [-0.3, -0.25) is 14.4 Å². The Morgan fingerprint density at radius 1 is 0.962 bits per heavy atom. The average Bonchev–Trinajstić information content (AvgIpc) is 3.38. The van der Waals surface area contributed by atoms with Gasteiger partial charge in [0.2, 0.25) is 0 Å². The number of carbonyl (C=O) groups excluding carboxylic acids is 2. The Morgan fingerprint density at radius 3 is 2.37 bits per heavy atom. The molecule has 0 spiro atoms. The fourth-order valence-electron chi connectivity index (χ4n) is 8.53. The molecule has 1 fully saturated rings. The van der Waals surface area contributed by atoms with Crippen LogP contribution in [0, 0.1) is 11.3 Å². The minimum absolute atomic E-state index is 0.00560. The summed E-state index contributed by atoms with van der Waals surface area (Å²) < 4.78 is 21.8. The first kappa shape index (κ1) is 34.8. The quantitative estimate of drug-likeness (QED) is 0.268. The molecule has 2 aromatic carbocycles. The lowest BCUT2D eigenvalue weighted by molar-refractivity contribution is -0.140. The molecule has 14 heteroatoms. The largest absolute Gasteiger partial charge is 0.504 e. The van der Waals surface area contributed by atoms with Crippen molar-refractivity contribution in [3.63, 3.8) is 0 Å². The Labute approximate surface area is 298 Å². The predicted molar refractivity (Wildman–Crippen MR) is 190 cm³/mol. The smallest absolute Gasteiger partial charge is 0.347 e. The highest BCUT2D eigenvalue weighted by molar-refractivity contribution is 6.15. The van der Waals surface area contributed by atoms with Gasteiger partial charge in [0, 0.05) is 44.0 Å². The van der Waals surface area contributed by atoms with Crippen LogP contribution < -0.4 is 31.1 Å². The SMILES string of the molecule is CCOc1cc([C@H]2C3=CCn4c(=O)n(CCc5nc6cc(OC)c(OC)cc6n(C)c5=O)c(=O)n4[C@@H]3C[C@H]3C(=O)C(C)=C(C)C(=O)[C@@]23C)ccc1O. The molecule has 272 valence electrons. The molecular formula is C38H41N5O9. The molecule has 7 rings (SSSR count). The van der Waals surface area contributed by atoms with Crippen LogP contribution in [0.3, 0.4) is 0 Å². The Bertz CT molecular complexity index is 2440. The average molecular weight is 712 g/mol.